The first-order valence-electron chi connectivity index (χ1n) is 5.31. The van der Waals surface area contributed by atoms with Crippen LogP contribution in [0.3, 0.4) is 0 Å². The lowest BCUT2D eigenvalue weighted by Crippen LogP contribution is -2.31. The molecule has 5 heteroatoms. The van der Waals surface area contributed by atoms with Gasteiger partial charge in [0.2, 0.25) is 0 Å². The average molecular weight is 204 g/mol. The monoisotopic (exact) mass is 204 g/mol. The standard InChI is InChI=1S/C10H10N4O/c11-6-3-7-14(12)10-13-8-4-1-2-5-9(8)15-10/h1-2,4-5H,3,7,12H2/i3D2. The van der Waals surface area contributed by atoms with Crippen LogP contribution in [0.5, 0.6) is 0 Å². The van der Waals surface area contributed by atoms with Crippen molar-refractivity contribution in [2.75, 3.05) is 11.6 Å². The van der Waals surface area contributed by atoms with Gasteiger partial charge in [0.15, 0.2) is 5.58 Å². The van der Waals surface area contributed by atoms with Crippen LogP contribution in [0.1, 0.15) is 9.11 Å². The van der Waals surface area contributed by atoms with Gasteiger partial charge in [0.25, 0.3) is 0 Å². The van der Waals surface area contributed by atoms with Crippen LogP contribution in [0.2, 0.25) is 0 Å². The second-order valence-electron chi connectivity index (χ2n) is 2.88. The topological polar surface area (TPSA) is 79.1 Å². The maximum atomic E-state index is 8.57. The van der Waals surface area contributed by atoms with E-state index in [2.05, 4.69) is 4.98 Å². The Labute approximate surface area is 89.5 Å². The number of para-hydroxylation sites is 2. The van der Waals surface area contributed by atoms with Gasteiger partial charge in [0.05, 0.1) is 19.0 Å². The van der Waals surface area contributed by atoms with Gasteiger partial charge < -0.3 is 4.42 Å². The second-order valence-corrected chi connectivity index (χ2v) is 2.88. The summed E-state index contributed by atoms with van der Waals surface area (Å²) in [6.45, 7) is -0.309. The molecule has 0 saturated heterocycles. The number of hydrazine groups is 1. The summed E-state index contributed by atoms with van der Waals surface area (Å²) in [4.78, 5) is 4.09. The fraction of sp³-hybridized carbons (Fsp3) is 0.200. The van der Waals surface area contributed by atoms with Crippen LogP contribution in [0, 0.1) is 11.3 Å². The Morgan fingerprint density at radius 1 is 1.60 bits per heavy atom. The zero-order valence-corrected chi connectivity index (χ0v) is 7.84. The summed E-state index contributed by atoms with van der Waals surface area (Å²) in [7, 11) is 0. The third-order valence-corrected chi connectivity index (χ3v) is 1.86. The molecule has 0 radical (unpaired) electrons. The number of nitrogens with zero attached hydrogens (tertiary/aromatic N) is 3. The molecule has 0 fully saturated rings. The summed E-state index contributed by atoms with van der Waals surface area (Å²) >= 11 is 0. The highest BCUT2D eigenvalue weighted by atomic mass is 16.4. The number of anilines is 1. The van der Waals surface area contributed by atoms with Crippen molar-refractivity contribution in [3.63, 3.8) is 0 Å². The van der Waals surface area contributed by atoms with Crippen molar-refractivity contribution in [2.45, 2.75) is 6.37 Å². The molecule has 0 aliphatic carbocycles. The Kier molecular flexibility index (Phi) is 1.93. The highest BCUT2D eigenvalue weighted by molar-refractivity contribution is 5.74. The van der Waals surface area contributed by atoms with Gasteiger partial charge in [-0.05, 0) is 12.1 Å². The lowest BCUT2D eigenvalue weighted by Gasteiger charge is -2.10. The fourth-order valence-electron chi connectivity index (χ4n) is 1.17. The van der Waals surface area contributed by atoms with Crippen LogP contribution in [0.4, 0.5) is 6.01 Å². The number of fused-ring (bicyclic) bond motifs is 1. The van der Waals surface area contributed by atoms with E-state index in [0.29, 0.717) is 11.1 Å². The number of rotatable bonds is 3. The predicted molar refractivity (Wildman–Crippen MR) is 55.8 cm³/mol. The van der Waals surface area contributed by atoms with Crippen LogP contribution >= 0.6 is 0 Å². The highest BCUT2D eigenvalue weighted by Gasteiger charge is 2.09. The molecule has 0 unspecified atom stereocenters. The maximum absolute atomic E-state index is 8.57. The molecule has 1 aromatic carbocycles. The lowest BCUT2D eigenvalue weighted by atomic mass is 10.3. The summed E-state index contributed by atoms with van der Waals surface area (Å²) in [5.74, 6) is 5.61. The number of oxazole rings is 1. The number of nitrogens with two attached hydrogens (primary N) is 1. The molecular formula is C10H10N4O. The first-order chi connectivity index (χ1) is 8.02. The van der Waals surface area contributed by atoms with E-state index in [4.69, 9.17) is 18.3 Å². The van der Waals surface area contributed by atoms with E-state index < -0.39 is 6.37 Å². The Bertz CT molecular complexity index is 542. The normalized spacial score (nSPS) is 13.1. The van der Waals surface area contributed by atoms with Crippen molar-refractivity contribution in [1.29, 1.82) is 5.26 Å². The van der Waals surface area contributed by atoms with Crippen LogP contribution in [0.15, 0.2) is 28.7 Å². The summed E-state index contributed by atoms with van der Waals surface area (Å²) in [5, 5.41) is 9.56. The van der Waals surface area contributed by atoms with E-state index in [0.717, 1.165) is 5.01 Å². The van der Waals surface area contributed by atoms with Crippen molar-refractivity contribution in [3.05, 3.63) is 24.3 Å². The van der Waals surface area contributed by atoms with Crippen LogP contribution < -0.4 is 10.9 Å². The van der Waals surface area contributed by atoms with Crippen molar-refractivity contribution >= 4 is 17.1 Å². The van der Waals surface area contributed by atoms with Gasteiger partial charge in [-0.15, -0.1) is 0 Å². The molecule has 2 rings (SSSR count). The number of aromatic nitrogens is 1. The minimum absolute atomic E-state index is 0.0883. The molecule has 0 saturated carbocycles. The molecule has 1 aromatic heterocycles. The summed E-state index contributed by atoms with van der Waals surface area (Å²) in [6, 6.07) is 8.71. The van der Waals surface area contributed by atoms with Gasteiger partial charge in [-0.2, -0.15) is 10.2 Å². The molecule has 0 atom stereocenters. The summed E-state index contributed by atoms with van der Waals surface area (Å²) in [6.07, 6.45) is -2.05. The van der Waals surface area contributed by atoms with E-state index in [9.17, 15) is 0 Å². The van der Waals surface area contributed by atoms with E-state index in [-0.39, 0.29) is 12.6 Å². The Morgan fingerprint density at radius 3 is 3.13 bits per heavy atom. The first-order valence-corrected chi connectivity index (χ1v) is 4.31. The van der Waals surface area contributed by atoms with E-state index in [1.807, 2.05) is 6.07 Å². The second kappa shape index (κ2) is 3.98. The van der Waals surface area contributed by atoms with Crippen LogP contribution in [-0.2, 0) is 0 Å². The van der Waals surface area contributed by atoms with Crippen molar-refractivity contribution in [1.82, 2.24) is 4.98 Å². The molecule has 76 valence electrons. The molecule has 0 aliphatic heterocycles. The van der Waals surface area contributed by atoms with E-state index >= 15 is 0 Å². The average Bonchev–Trinajstić information content (AvgIpc) is 2.72. The molecule has 2 aromatic rings. The largest absolute Gasteiger partial charge is 0.422 e. The van der Waals surface area contributed by atoms with Gasteiger partial charge >= 0.3 is 6.01 Å². The molecule has 0 aliphatic rings. The molecule has 5 nitrogen and oxygen atoms in total. The Hall–Kier alpha value is -2.06. The number of hydrogen-bond acceptors (Lipinski definition) is 5. The first kappa shape index (κ1) is 7.26. The van der Waals surface area contributed by atoms with Crippen molar-refractivity contribution in [2.24, 2.45) is 5.84 Å². The molecule has 15 heavy (non-hydrogen) atoms. The Balaban J connectivity index is 2.25. The maximum Gasteiger partial charge on any atom is 0.313 e. The van der Waals surface area contributed by atoms with Gasteiger partial charge in [-0.1, -0.05) is 12.1 Å². The third kappa shape index (κ3) is 1.90. The molecular weight excluding hydrogens is 192 g/mol. The number of benzene rings is 1. The summed E-state index contributed by atoms with van der Waals surface area (Å²) in [5.41, 5.74) is 1.20. The van der Waals surface area contributed by atoms with Crippen LogP contribution in [-0.4, -0.2) is 11.5 Å². The van der Waals surface area contributed by atoms with Gasteiger partial charge in [-0.25, -0.2) is 5.84 Å². The van der Waals surface area contributed by atoms with Crippen molar-refractivity contribution in [3.8, 4) is 6.07 Å². The minimum atomic E-state index is -2.05. The predicted octanol–water partition coefficient (Wildman–Crippen LogP) is 1.42. The smallest absolute Gasteiger partial charge is 0.313 e. The zero-order valence-electron chi connectivity index (χ0n) is 9.84. The van der Waals surface area contributed by atoms with Gasteiger partial charge in [0, 0.05) is 2.74 Å². The minimum Gasteiger partial charge on any atom is -0.422 e. The molecule has 1 heterocycles. The lowest BCUT2D eigenvalue weighted by molar-refractivity contribution is 0.573. The SMILES string of the molecule is [2H]C([2H])(C#N)CN(N)c1nc2ccccc2o1. The van der Waals surface area contributed by atoms with Gasteiger partial charge in [-0.3, -0.25) is 5.01 Å². The van der Waals surface area contributed by atoms with E-state index in [1.165, 1.54) is 6.07 Å². The molecule has 0 spiro atoms. The quantitative estimate of drug-likeness (QED) is 0.604. The number of nitriles is 1. The molecule has 2 N–H and O–H groups in total. The summed E-state index contributed by atoms with van der Waals surface area (Å²) < 4.78 is 19.9. The van der Waals surface area contributed by atoms with E-state index in [1.54, 1.807) is 18.2 Å². The molecule has 0 bridgehead atoms. The Morgan fingerprint density at radius 2 is 2.40 bits per heavy atom. The highest BCUT2D eigenvalue weighted by Crippen LogP contribution is 2.19. The van der Waals surface area contributed by atoms with Crippen LogP contribution in [0.25, 0.3) is 11.1 Å². The number of hydrogen-bond donors (Lipinski definition) is 1. The van der Waals surface area contributed by atoms with Crippen molar-refractivity contribution < 1.29 is 7.16 Å². The zero-order chi connectivity index (χ0) is 12.5. The molecule has 0 amide bonds. The fourth-order valence-corrected chi connectivity index (χ4v) is 1.17. The van der Waals surface area contributed by atoms with Gasteiger partial charge in [0.1, 0.15) is 5.52 Å². The third-order valence-electron chi connectivity index (χ3n) is 1.86.